The molecule has 0 bridgehead atoms. The Morgan fingerprint density at radius 3 is 3.03 bits per heavy atom. The molecule has 0 radical (unpaired) electrons. The molecule has 6 heteroatoms. The molecule has 0 fully saturated rings. The predicted octanol–water partition coefficient (Wildman–Crippen LogP) is 3.13. The van der Waals surface area contributed by atoms with Crippen molar-refractivity contribution in [3.8, 4) is 0 Å². The number of ether oxygens (including phenoxy) is 1. The average Bonchev–Trinajstić information content (AvgIpc) is 2.90. The molecule has 0 spiro atoms. The summed E-state index contributed by atoms with van der Waals surface area (Å²) in [6, 6.07) is 8.14. The van der Waals surface area contributed by atoms with Gasteiger partial charge in [-0.2, -0.15) is 0 Å². The van der Waals surface area contributed by atoms with Crippen LogP contribution in [0.15, 0.2) is 59.3 Å². The number of aliphatic carboxylic acids is 1. The topological polar surface area (TPSA) is 83.0 Å². The molecular weight excluding hydrogens is 378 g/mol. The molecule has 1 aromatic carbocycles. The number of carbonyl (C=O) groups is 1. The first kappa shape index (κ1) is 20.3. The molecule has 2 unspecified atom stereocenters. The van der Waals surface area contributed by atoms with E-state index < -0.39 is 5.97 Å². The molecule has 1 heterocycles. The third kappa shape index (κ3) is 5.12. The minimum atomic E-state index is -0.795. The maximum atomic E-state index is 11.4. The molecule has 2 atom stereocenters. The molecule has 0 saturated heterocycles. The number of fused-ring (bicyclic) bond motifs is 2. The second kappa shape index (κ2) is 9.65. The number of allylic oxidation sites excluding steroid dienone is 4. The van der Waals surface area contributed by atoms with Crippen LogP contribution in [0.4, 0.5) is 0 Å². The van der Waals surface area contributed by atoms with Gasteiger partial charge >= 0.3 is 5.97 Å². The number of guanidine groups is 1. The minimum absolute atomic E-state index is 0.0499. The Morgan fingerprint density at radius 1 is 1.30 bits per heavy atom. The first-order chi connectivity index (χ1) is 14.7. The van der Waals surface area contributed by atoms with Crippen LogP contribution in [-0.2, 0) is 16.0 Å². The van der Waals surface area contributed by atoms with E-state index in [4.69, 9.17) is 4.74 Å². The van der Waals surface area contributed by atoms with Crippen LogP contribution in [0.5, 0.6) is 0 Å². The SMILES string of the molecule is O=C(O)CC1=CC2C=CC(OCCCNC3=NCCCN3)=CC2Cc2ccccc21. The van der Waals surface area contributed by atoms with Gasteiger partial charge in [0, 0.05) is 25.6 Å². The number of carboxylic acid groups (broad SMARTS) is 1. The highest BCUT2D eigenvalue weighted by Crippen LogP contribution is 2.37. The van der Waals surface area contributed by atoms with Crippen molar-refractivity contribution in [1.82, 2.24) is 10.6 Å². The van der Waals surface area contributed by atoms with Crippen molar-refractivity contribution in [2.24, 2.45) is 16.8 Å². The Bertz CT molecular complexity index is 901. The van der Waals surface area contributed by atoms with Gasteiger partial charge in [-0.05, 0) is 54.0 Å². The number of rotatable bonds is 7. The summed E-state index contributed by atoms with van der Waals surface area (Å²) in [5, 5.41) is 15.9. The smallest absolute Gasteiger partial charge is 0.307 e. The van der Waals surface area contributed by atoms with Crippen molar-refractivity contribution in [3.63, 3.8) is 0 Å². The van der Waals surface area contributed by atoms with Gasteiger partial charge in [-0.3, -0.25) is 9.79 Å². The van der Waals surface area contributed by atoms with Gasteiger partial charge < -0.3 is 20.5 Å². The van der Waals surface area contributed by atoms with Crippen molar-refractivity contribution in [3.05, 3.63) is 65.5 Å². The number of carboxylic acids is 1. The van der Waals surface area contributed by atoms with E-state index in [1.165, 1.54) is 5.56 Å². The van der Waals surface area contributed by atoms with Crippen molar-refractivity contribution in [2.45, 2.75) is 25.7 Å². The van der Waals surface area contributed by atoms with Gasteiger partial charge in [0.15, 0.2) is 5.96 Å². The first-order valence-corrected chi connectivity index (χ1v) is 10.7. The van der Waals surface area contributed by atoms with E-state index >= 15 is 0 Å². The maximum Gasteiger partial charge on any atom is 0.307 e. The van der Waals surface area contributed by atoms with Gasteiger partial charge in [-0.25, -0.2) is 0 Å². The lowest BCUT2D eigenvalue weighted by Crippen LogP contribution is -2.41. The zero-order valence-corrected chi connectivity index (χ0v) is 17.1. The summed E-state index contributed by atoms with van der Waals surface area (Å²) in [7, 11) is 0. The fourth-order valence-electron chi connectivity index (χ4n) is 4.22. The first-order valence-electron chi connectivity index (χ1n) is 10.7. The lowest BCUT2D eigenvalue weighted by molar-refractivity contribution is -0.135. The summed E-state index contributed by atoms with van der Waals surface area (Å²) >= 11 is 0. The Labute approximate surface area is 177 Å². The number of benzene rings is 1. The molecule has 158 valence electrons. The molecule has 6 nitrogen and oxygen atoms in total. The van der Waals surface area contributed by atoms with Gasteiger partial charge in [-0.1, -0.05) is 36.4 Å². The second-order valence-electron chi connectivity index (χ2n) is 7.93. The molecule has 4 rings (SSSR count). The fourth-order valence-corrected chi connectivity index (χ4v) is 4.22. The number of hydrogen-bond acceptors (Lipinski definition) is 5. The molecular formula is C24H29N3O3. The Hall–Kier alpha value is -3.02. The molecule has 1 aliphatic heterocycles. The van der Waals surface area contributed by atoms with E-state index in [0.717, 1.165) is 61.8 Å². The van der Waals surface area contributed by atoms with E-state index in [1.807, 2.05) is 24.3 Å². The van der Waals surface area contributed by atoms with Gasteiger partial charge in [0.2, 0.25) is 0 Å². The van der Waals surface area contributed by atoms with Crippen LogP contribution < -0.4 is 10.6 Å². The molecule has 0 saturated carbocycles. The molecule has 3 aliphatic rings. The standard InChI is InChI=1S/C24H29N3O3/c28-23(29)16-20-13-17-7-8-21(15-19(17)14-18-5-1-2-6-22(18)20)30-12-4-11-27-24-25-9-3-10-26-24/h1-2,5-8,13,15,17,19H,3-4,9-12,14,16H2,(H,28,29)(H2,25,26,27). The highest BCUT2D eigenvalue weighted by atomic mass is 16.5. The summed E-state index contributed by atoms with van der Waals surface area (Å²) in [4.78, 5) is 15.8. The van der Waals surface area contributed by atoms with E-state index in [2.05, 4.69) is 39.9 Å². The number of nitrogens with one attached hydrogen (secondary N) is 2. The highest BCUT2D eigenvalue weighted by Gasteiger charge is 2.26. The highest BCUT2D eigenvalue weighted by molar-refractivity contribution is 5.85. The molecule has 0 aromatic heterocycles. The zero-order valence-electron chi connectivity index (χ0n) is 17.1. The number of nitrogens with zero attached hydrogens (tertiary/aromatic N) is 1. The number of hydrogen-bond donors (Lipinski definition) is 3. The molecule has 30 heavy (non-hydrogen) atoms. The molecule has 0 amide bonds. The number of aliphatic imine (C=N–C) groups is 1. The predicted molar refractivity (Wildman–Crippen MR) is 118 cm³/mol. The van der Waals surface area contributed by atoms with Gasteiger partial charge in [0.1, 0.15) is 5.76 Å². The van der Waals surface area contributed by atoms with Crippen molar-refractivity contribution >= 4 is 17.5 Å². The van der Waals surface area contributed by atoms with E-state index in [1.54, 1.807) is 0 Å². The summed E-state index contributed by atoms with van der Waals surface area (Å²) in [6.45, 7) is 3.33. The summed E-state index contributed by atoms with van der Waals surface area (Å²) < 4.78 is 6.00. The van der Waals surface area contributed by atoms with Crippen molar-refractivity contribution in [2.75, 3.05) is 26.2 Å². The minimum Gasteiger partial charge on any atom is -0.494 e. The van der Waals surface area contributed by atoms with Crippen LogP contribution in [0.1, 0.15) is 30.4 Å². The fraction of sp³-hybridized carbons (Fsp3) is 0.417. The van der Waals surface area contributed by atoms with Crippen LogP contribution in [0.3, 0.4) is 0 Å². The Morgan fingerprint density at radius 2 is 2.20 bits per heavy atom. The largest absolute Gasteiger partial charge is 0.494 e. The van der Waals surface area contributed by atoms with E-state index in [-0.39, 0.29) is 18.3 Å². The van der Waals surface area contributed by atoms with Crippen LogP contribution in [0.25, 0.3) is 5.57 Å². The Balaban J connectivity index is 1.36. The lowest BCUT2D eigenvalue weighted by Gasteiger charge is -2.23. The lowest BCUT2D eigenvalue weighted by atomic mass is 9.84. The van der Waals surface area contributed by atoms with Gasteiger partial charge in [0.25, 0.3) is 0 Å². The quantitative estimate of drug-likeness (QED) is 0.605. The van der Waals surface area contributed by atoms with Crippen LogP contribution in [-0.4, -0.2) is 43.3 Å². The van der Waals surface area contributed by atoms with Crippen LogP contribution in [0.2, 0.25) is 0 Å². The monoisotopic (exact) mass is 407 g/mol. The Kier molecular flexibility index (Phi) is 6.52. The third-order valence-electron chi connectivity index (χ3n) is 5.69. The third-order valence-corrected chi connectivity index (χ3v) is 5.69. The van der Waals surface area contributed by atoms with E-state index in [0.29, 0.717) is 6.61 Å². The normalized spacial score (nSPS) is 22.3. The van der Waals surface area contributed by atoms with Gasteiger partial charge in [0.05, 0.1) is 13.0 Å². The van der Waals surface area contributed by atoms with Gasteiger partial charge in [-0.15, -0.1) is 0 Å². The van der Waals surface area contributed by atoms with Crippen molar-refractivity contribution in [1.29, 1.82) is 0 Å². The molecule has 3 N–H and O–H groups in total. The van der Waals surface area contributed by atoms with Crippen LogP contribution >= 0.6 is 0 Å². The summed E-state index contributed by atoms with van der Waals surface area (Å²) in [5.41, 5.74) is 3.16. The van der Waals surface area contributed by atoms with Crippen molar-refractivity contribution < 1.29 is 14.6 Å². The summed E-state index contributed by atoms with van der Waals surface area (Å²) in [5.74, 6) is 1.46. The molecule has 2 aliphatic carbocycles. The zero-order chi connectivity index (χ0) is 20.8. The average molecular weight is 408 g/mol. The second-order valence-corrected chi connectivity index (χ2v) is 7.93. The summed E-state index contributed by atoms with van der Waals surface area (Å²) in [6.07, 6.45) is 11.4. The van der Waals surface area contributed by atoms with Crippen LogP contribution in [0, 0.1) is 11.8 Å². The maximum absolute atomic E-state index is 11.4. The molecule has 1 aromatic rings. The van der Waals surface area contributed by atoms with E-state index in [9.17, 15) is 9.90 Å².